The summed E-state index contributed by atoms with van der Waals surface area (Å²) in [6.07, 6.45) is 3.98. The molecule has 29 heavy (non-hydrogen) atoms. The lowest BCUT2D eigenvalue weighted by Gasteiger charge is -2.32. The quantitative estimate of drug-likeness (QED) is 0.714. The minimum atomic E-state index is 0.276. The molecule has 2 aliphatic heterocycles. The monoisotopic (exact) mass is 388 g/mol. The predicted octanol–water partition coefficient (Wildman–Crippen LogP) is 3.95. The third-order valence-electron chi connectivity index (χ3n) is 5.49. The zero-order valence-electron chi connectivity index (χ0n) is 16.3. The molecule has 0 unspecified atom stereocenters. The minimum Gasteiger partial charge on any atom is -0.454 e. The number of rotatable bonds is 5. The van der Waals surface area contributed by atoms with Gasteiger partial charge >= 0.3 is 0 Å². The first-order valence-electron chi connectivity index (χ1n) is 10.1. The molecule has 6 nitrogen and oxygen atoms in total. The Balaban J connectivity index is 1.20. The lowest BCUT2D eigenvalue weighted by Crippen LogP contribution is -2.38. The van der Waals surface area contributed by atoms with E-state index in [1.807, 2.05) is 24.3 Å². The number of ether oxygens (including phenoxy) is 2. The average molecular weight is 388 g/mol. The van der Waals surface area contributed by atoms with E-state index in [1.54, 1.807) is 6.20 Å². The van der Waals surface area contributed by atoms with Crippen molar-refractivity contribution in [1.82, 2.24) is 14.9 Å². The third kappa shape index (κ3) is 4.17. The van der Waals surface area contributed by atoms with E-state index in [4.69, 9.17) is 14.5 Å². The lowest BCUT2D eigenvalue weighted by molar-refractivity contribution is 0.174. The Hall–Kier alpha value is -3.12. The first-order chi connectivity index (χ1) is 14.3. The van der Waals surface area contributed by atoms with Crippen molar-refractivity contribution in [3.05, 3.63) is 66.4 Å². The van der Waals surface area contributed by atoms with Gasteiger partial charge in [0, 0.05) is 37.4 Å². The molecule has 0 radical (unpaired) electrons. The van der Waals surface area contributed by atoms with Crippen LogP contribution < -0.4 is 14.8 Å². The number of nitrogens with one attached hydrogen (secondary N) is 1. The third-order valence-corrected chi connectivity index (χ3v) is 5.49. The number of likely N-dealkylation sites (tertiary alicyclic amines) is 1. The normalized spacial score (nSPS) is 16.7. The molecular weight excluding hydrogens is 364 g/mol. The molecule has 2 aromatic carbocycles. The highest BCUT2D eigenvalue weighted by Crippen LogP contribution is 2.35. The minimum absolute atomic E-state index is 0.276. The molecular formula is C23H24N4O2. The Labute approximate surface area is 170 Å². The van der Waals surface area contributed by atoms with Gasteiger partial charge in [-0.15, -0.1) is 0 Å². The Morgan fingerprint density at radius 2 is 1.79 bits per heavy atom. The van der Waals surface area contributed by atoms with Gasteiger partial charge < -0.3 is 14.8 Å². The average Bonchev–Trinajstić information content (AvgIpc) is 3.24. The Kier molecular flexibility index (Phi) is 5.01. The second kappa shape index (κ2) is 8.09. The van der Waals surface area contributed by atoms with Crippen LogP contribution in [-0.4, -0.2) is 40.8 Å². The summed E-state index contributed by atoms with van der Waals surface area (Å²) in [5.74, 6) is 2.23. The van der Waals surface area contributed by atoms with Crippen molar-refractivity contribution in [3.8, 4) is 22.8 Å². The number of benzene rings is 2. The van der Waals surface area contributed by atoms with E-state index in [2.05, 4.69) is 45.5 Å². The van der Waals surface area contributed by atoms with E-state index in [-0.39, 0.29) is 6.79 Å². The van der Waals surface area contributed by atoms with Crippen LogP contribution in [-0.2, 0) is 6.54 Å². The van der Waals surface area contributed by atoms with Gasteiger partial charge in [-0.2, -0.15) is 0 Å². The Morgan fingerprint density at radius 3 is 2.66 bits per heavy atom. The zero-order valence-corrected chi connectivity index (χ0v) is 16.3. The van der Waals surface area contributed by atoms with Gasteiger partial charge in [0.2, 0.25) is 12.7 Å². The highest BCUT2D eigenvalue weighted by atomic mass is 16.7. The predicted molar refractivity (Wildman–Crippen MR) is 112 cm³/mol. The number of hydrogen-bond acceptors (Lipinski definition) is 6. The summed E-state index contributed by atoms with van der Waals surface area (Å²) < 4.78 is 10.9. The molecule has 0 aliphatic carbocycles. The summed E-state index contributed by atoms with van der Waals surface area (Å²) in [7, 11) is 0. The summed E-state index contributed by atoms with van der Waals surface area (Å²) in [6.45, 7) is 3.45. The summed E-state index contributed by atoms with van der Waals surface area (Å²) in [6, 6.07) is 18.9. The molecule has 1 aromatic heterocycles. The van der Waals surface area contributed by atoms with Gasteiger partial charge in [-0.1, -0.05) is 30.3 Å². The lowest BCUT2D eigenvalue weighted by atomic mass is 10.0. The highest BCUT2D eigenvalue weighted by Gasteiger charge is 2.20. The largest absolute Gasteiger partial charge is 0.454 e. The maximum absolute atomic E-state index is 5.48. The molecule has 0 saturated carbocycles. The molecule has 2 aliphatic rings. The molecule has 0 spiro atoms. The highest BCUT2D eigenvalue weighted by molar-refractivity contribution is 5.65. The number of piperidine rings is 1. The number of hydrogen-bond donors (Lipinski definition) is 1. The van der Waals surface area contributed by atoms with E-state index in [1.165, 1.54) is 5.56 Å². The molecule has 1 saturated heterocycles. The number of aromatic nitrogens is 2. The number of fused-ring (bicyclic) bond motifs is 1. The van der Waals surface area contributed by atoms with Crippen LogP contribution in [0.25, 0.3) is 11.3 Å². The van der Waals surface area contributed by atoms with Crippen molar-refractivity contribution >= 4 is 5.95 Å². The summed E-state index contributed by atoms with van der Waals surface area (Å²) in [4.78, 5) is 11.7. The fourth-order valence-corrected chi connectivity index (χ4v) is 3.90. The second-order valence-electron chi connectivity index (χ2n) is 7.51. The first-order valence-corrected chi connectivity index (χ1v) is 10.1. The Morgan fingerprint density at radius 1 is 0.966 bits per heavy atom. The molecule has 6 heteroatoms. The van der Waals surface area contributed by atoms with E-state index in [9.17, 15) is 0 Å². The summed E-state index contributed by atoms with van der Waals surface area (Å²) in [5.41, 5.74) is 3.25. The number of nitrogens with zero attached hydrogens (tertiary/aromatic N) is 3. The van der Waals surface area contributed by atoms with E-state index >= 15 is 0 Å². The van der Waals surface area contributed by atoms with Gasteiger partial charge in [0.15, 0.2) is 11.5 Å². The molecule has 0 atom stereocenters. The molecule has 148 valence electrons. The van der Waals surface area contributed by atoms with Gasteiger partial charge in [-0.05, 0) is 42.7 Å². The second-order valence-corrected chi connectivity index (χ2v) is 7.51. The van der Waals surface area contributed by atoms with Crippen LogP contribution in [0.3, 0.4) is 0 Å². The molecule has 5 rings (SSSR count). The fourth-order valence-electron chi connectivity index (χ4n) is 3.90. The van der Waals surface area contributed by atoms with Crippen LogP contribution in [0.5, 0.6) is 11.5 Å². The van der Waals surface area contributed by atoms with Crippen LogP contribution in [0.1, 0.15) is 18.4 Å². The zero-order chi connectivity index (χ0) is 19.5. The van der Waals surface area contributed by atoms with E-state index in [0.29, 0.717) is 12.0 Å². The van der Waals surface area contributed by atoms with Crippen molar-refractivity contribution < 1.29 is 9.47 Å². The topological polar surface area (TPSA) is 59.5 Å². The molecule has 0 amide bonds. The van der Waals surface area contributed by atoms with Crippen molar-refractivity contribution in [2.45, 2.75) is 25.4 Å². The van der Waals surface area contributed by atoms with Crippen LogP contribution >= 0.6 is 0 Å². The van der Waals surface area contributed by atoms with Crippen molar-refractivity contribution in [2.75, 3.05) is 25.2 Å². The number of anilines is 1. The maximum atomic E-state index is 5.48. The van der Waals surface area contributed by atoms with Crippen molar-refractivity contribution in [3.63, 3.8) is 0 Å². The van der Waals surface area contributed by atoms with Crippen LogP contribution in [0.15, 0.2) is 60.8 Å². The molecule has 3 aromatic rings. The van der Waals surface area contributed by atoms with E-state index in [0.717, 1.165) is 55.2 Å². The fraction of sp³-hybridized carbons (Fsp3) is 0.304. The van der Waals surface area contributed by atoms with Gasteiger partial charge in [-0.25, -0.2) is 9.97 Å². The van der Waals surface area contributed by atoms with Crippen molar-refractivity contribution in [1.29, 1.82) is 0 Å². The molecule has 3 heterocycles. The summed E-state index contributed by atoms with van der Waals surface area (Å²) >= 11 is 0. The standard InChI is InChI=1S/C23H24N4O2/c1-2-4-17(5-3-1)15-27-12-9-19(10-13-27)25-23-24-11-8-20(26-23)18-6-7-21-22(14-18)29-16-28-21/h1-8,11,14,19H,9-10,12-13,15-16H2,(H,24,25,26). The maximum Gasteiger partial charge on any atom is 0.231 e. The van der Waals surface area contributed by atoms with Crippen LogP contribution in [0.2, 0.25) is 0 Å². The van der Waals surface area contributed by atoms with Gasteiger partial charge in [0.25, 0.3) is 0 Å². The first kappa shape index (κ1) is 17.9. The van der Waals surface area contributed by atoms with Crippen LogP contribution in [0.4, 0.5) is 5.95 Å². The Bertz CT molecular complexity index is 972. The van der Waals surface area contributed by atoms with E-state index < -0.39 is 0 Å². The van der Waals surface area contributed by atoms with Crippen molar-refractivity contribution in [2.24, 2.45) is 0 Å². The molecule has 1 fully saturated rings. The SMILES string of the molecule is c1ccc(CN2CCC(Nc3nccc(-c4ccc5c(c4)OCO5)n3)CC2)cc1. The van der Waals surface area contributed by atoms with Gasteiger partial charge in [0.1, 0.15) is 0 Å². The summed E-state index contributed by atoms with van der Waals surface area (Å²) in [5, 5.41) is 3.52. The smallest absolute Gasteiger partial charge is 0.231 e. The van der Waals surface area contributed by atoms with Crippen LogP contribution in [0, 0.1) is 0 Å². The molecule has 1 N–H and O–H groups in total. The van der Waals surface area contributed by atoms with Gasteiger partial charge in [0.05, 0.1) is 5.69 Å². The van der Waals surface area contributed by atoms with Gasteiger partial charge in [-0.3, -0.25) is 4.90 Å². The molecule has 0 bridgehead atoms.